The Morgan fingerprint density at radius 2 is 1.95 bits per heavy atom. The molecule has 0 fully saturated rings. The van der Waals surface area contributed by atoms with E-state index >= 15 is 0 Å². The molecule has 0 saturated heterocycles. The highest BCUT2D eigenvalue weighted by Crippen LogP contribution is 2.11. The fraction of sp³-hybridized carbons (Fsp3) is 0.533. The molecule has 0 spiro atoms. The summed E-state index contributed by atoms with van der Waals surface area (Å²) in [6.45, 7) is -0.256. The van der Waals surface area contributed by atoms with Crippen molar-refractivity contribution in [3.8, 4) is 0 Å². The molecule has 1 aromatic carbocycles. The number of hydrogen-bond donors (Lipinski definition) is 2. The molecule has 0 aliphatic rings. The zero-order valence-corrected chi connectivity index (χ0v) is 11.3. The fourth-order valence-corrected chi connectivity index (χ4v) is 1.92. The SMILES string of the molecule is COC(CCC(O)CO)CC(=O)Cc1ccccc1. The van der Waals surface area contributed by atoms with Crippen molar-refractivity contribution in [2.75, 3.05) is 13.7 Å². The van der Waals surface area contributed by atoms with E-state index in [1.165, 1.54) is 0 Å². The van der Waals surface area contributed by atoms with Gasteiger partial charge in [0.1, 0.15) is 5.78 Å². The van der Waals surface area contributed by atoms with Gasteiger partial charge < -0.3 is 14.9 Å². The molecule has 0 heterocycles. The number of Topliss-reactive ketones (excluding diaryl/α,β-unsaturated/α-hetero) is 1. The van der Waals surface area contributed by atoms with E-state index < -0.39 is 6.10 Å². The topological polar surface area (TPSA) is 66.8 Å². The van der Waals surface area contributed by atoms with Crippen molar-refractivity contribution < 1.29 is 19.7 Å². The standard InChI is InChI=1S/C15H22O4/c1-19-15(8-7-13(17)11-16)10-14(18)9-12-5-3-2-4-6-12/h2-6,13,15-17H,7-11H2,1H3. The maximum Gasteiger partial charge on any atom is 0.139 e. The van der Waals surface area contributed by atoms with Gasteiger partial charge in [-0.2, -0.15) is 0 Å². The molecule has 2 atom stereocenters. The molecule has 19 heavy (non-hydrogen) atoms. The first-order chi connectivity index (χ1) is 9.15. The van der Waals surface area contributed by atoms with Crippen molar-refractivity contribution in [2.24, 2.45) is 0 Å². The van der Waals surface area contributed by atoms with Crippen molar-refractivity contribution >= 4 is 5.78 Å². The molecule has 4 heteroatoms. The molecular weight excluding hydrogens is 244 g/mol. The summed E-state index contributed by atoms with van der Waals surface area (Å²) < 4.78 is 5.24. The molecule has 0 bridgehead atoms. The van der Waals surface area contributed by atoms with Gasteiger partial charge in [-0.3, -0.25) is 4.79 Å². The Kier molecular flexibility index (Phi) is 7.33. The third-order valence-electron chi connectivity index (χ3n) is 3.07. The number of methoxy groups -OCH3 is 1. The third kappa shape index (κ3) is 6.47. The van der Waals surface area contributed by atoms with Gasteiger partial charge in [-0.1, -0.05) is 30.3 Å². The van der Waals surface area contributed by atoms with E-state index in [-0.39, 0.29) is 18.5 Å². The maximum absolute atomic E-state index is 11.9. The summed E-state index contributed by atoms with van der Waals surface area (Å²) in [5.74, 6) is 0.122. The van der Waals surface area contributed by atoms with Crippen LogP contribution in [0.2, 0.25) is 0 Å². The van der Waals surface area contributed by atoms with E-state index in [4.69, 9.17) is 9.84 Å². The van der Waals surface area contributed by atoms with Gasteiger partial charge in [0, 0.05) is 20.0 Å². The largest absolute Gasteiger partial charge is 0.394 e. The first-order valence-electron chi connectivity index (χ1n) is 6.53. The number of ketones is 1. The second-order valence-electron chi connectivity index (χ2n) is 4.68. The van der Waals surface area contributed by atoms with Crippen LogP contribution in [-0.4, -0.2) is 41.9 Å². The minimum atomic E-state index is -0.734. The second-order valence-corrected chi connectivity index (χ2v) is 4.68. The van der Waals surface area contributed by atoms with Crippen LogP contribution in [0.25, 0.3) is 0 Å². The molecule has 0 aliphatic carbocycles. The number of carbonyl (C=O) groups is 1. The fourth-order valence-electron chi connectivity index (χ4n) is 1.92. The zero-order valence-electron chi connectivity index (χ0n) is 11.3. The summed E-state index contributed by atoms with van der Waals surface area (Å²) in [5.41, 5.74) is 0.998. The van der Waals surface area contributed by atoms with Crippen LogP contribution in [0.3, 0.4) is 0 Å². The van der Waals surface area contributed by atoms with Crippen LogP contribution in [0.1, 0.15) is 24.8 Å². The number of aliphatic hydroxyl groups is 2. The monoisotopic (exact) mass is 266 g/mol. The number of benzene rings is 1. The zero-order chi connectivity index (χ0) is 14.1. The van der Waals surface area contributed by atoms with Crippen molar-refractivity contribution in [3.05, 3.63) is 35.9 Å². The second kappa shape index (κ2) is 8.80. The van der Waals surface area contributed by atoms with Crippen LogP contribution in [0.4, 0.5) is 0 Å². The highest BCUT2D eigenvalue weighted by molar-refractivity contribution is 5.81. The van der Waals surface area contributed by atoms with Crippen molar-refractivity contribution in [1.82, 2.24) is 0 Å². The number of hydrogen-bond acceptors (Lipinski definition) is 4. The first kappa shape index (κ1) is 15.8. The van der Waals surface area contributed by atoms with E-state index in [1.807, 2.05) is 30.3 Å². The Balaban J connectivity index is 2.36. The molecule has 2 N–H and O–H groups in total. The molecule has 106 valence electrons. The highest BCUT2D eigenvalue weighted by atomic mass is 16.5. The summed E-state index contributed by atoms with van der Waals surface area (Å²) in [6, 6.07) is 9.59. The Morgan fingerprint density at radius 3 is 2.53 bits per heavy atom. The molecule has 1 aromatic rings. The van der Waals surface area contributed by atoms with Crippen molar-refractivity contribution in [2.45, 2.75) is 37.9 Å². The van der Waals surface area contributed by atoms with Gasteiger partial charge in [0.25, 0.3) is 0 Å². The summed E-state index contributed by atoms with van der Waals surface area (Å²) in [4.78, 5) is 11.9. The Morgan fingerprint density at radius 1 is 1.26 bits per heavy atom. The van der Waals surface area contributed by atoms with Gasteiger partial charge in [0.15, 0.2) is 0 Å². The van der Waals surface area contributed by atoms with E-state index in [9.17, 15) is 9.90 Å². The molecule has 4 nitrogen and oxygen atoms in total. The maximum atomic E-state index is 11.9. The van der Waals surface area contributed by atoms with Crippen LogP contribution in [-0.2, 0) is 16.0 Å². The lowest BCUT2D eigenvalue weighted by Crippen LogP contribution is -2.21. The predicted molar refractivity (Wildman–Crippen MR) is 72.9 cm³/mol. The highest BCUT2D eigenvalue weighted by Gasteiger charge is 2.15. The number of carbonyl (C=O) groups excluding carboxylic acids is 1. The molecule has 0 saturated carbocycles. The molecule has 0 aliphatic heterocycles. The third-order valence-corrected chi connectivity index (χ3v) is 3.07. The summed E-state index contributed by atoms with van der Waals surface area (Å²) >= 11 is 0. The Labute approximate surface area is 114 Å². The van der Waals surface area contributed by atoms with Crippen LogP contribution < -0.4 is 0 Å². The van der Waals surface area contributed by atoms with Crippen LogP contribution in [0, 0.1) is 0 Å². The van der Waals surface area contributed by atoms with Crippen LogP contribution in [0.15, 0.2) is 30.3 Å². The summed E-state index contributed by atoms with van der Waals surface area (Å²) in [5, 5.41) is 18.0. The molecule has 1 rings (SSSR count). The number of rotatable bonds is 9. The normalized spacial score (nSPS) is 14.1. The molecular formula is C15H22O4. The first-order valence-corrected chi connectivity index (χ1v) is 6.53. The molecule has 0 amide bonds. The lowest BCUT2D eigenvalue weighted by Gasteiger charge is -2.16. The number of ether oxygens (including phenoxy) is 1. The Hall–Kier alpha value is -1.23. The van der Waals surface area contributed by atoms with Crippen LogP contribution >= 0.6 is 0 Å². The summed E-state index contributed by atoms with van der Waals surface area (Å²) in [7, 11) is 1.56. The molecule has 0 aromatic heterocycles. The van der Waals surface area contributed by atoms with Gasteiger partial charge >= 0.3 is 0 Å². The van der Waals surface area contributed by atoms with Gasteiger partial charge in [0.05, 0.1) is 18.8 Å². The molecule has 2 unspecified atom stereocenters. The van der Waals surface area contributed by atoms with E-state index in [0.29, 0.717) is 25.7 Å². The lowest BCUT2D eigenvalue weighted by molar-refractivity contribution is -0.121. The predicted octanol–water partition coefficient (Wildman–Crippen LogP) is 1.34. The minimum absolute atomic E-state index is 0.122. The smallest absolute Gasteiger partial charge is 0.139 e. The van der Waals surface area contributed by atoms with E-state index in [0.717, 1.165) is 5.56 Å². The lowest BCUT2D eigenvalue weighted by atomic mass is 10.0. The average Bonchev–Trinajstić information content (AvgIpc) is 2.44. The quantitative estimate of drug-likeness (QED) is 0.708. The minimum Gasteiger partial charge on any atom is -0.394 e. The number of aliphatic hydroxyl groups excluding tert-OH is 2. The van der Waals surface area contributed by atoms with Gasteiger partial charge in [0.2, 0.25) is 0 Å². The average molecular weight is 266 g/mol. The summed E-state index contributed by atoms with van der Waals surface area (Å²) in [6.07, 6.45) is 0.818. The Bertz CT molecular complexity index is 364. The van der Waals surface area contributed by atoms with Crippen LogP contribution in [0.5, 0.6) is 0 Å². The van der Waals surface area contributed by atoms with Gasteiger partial charge in [-0.25, -0.2) is 0 Å². The van der Waals surface area contributed by atoms with Crippen molar-refractivity contribution in [1.29, 1.82) is 0 Å². The van der Waals surface area contributed by atoms with Crippen molar-refractivity contribution in [3.63, 3.8) is 0 Å². The molecule has 0 radical (unpaired) electrons. The van der Waals surface area contributed by atoms with Gasteiger partial charge in [-0.15, -0.1) is 0 Å². The van der Waals surface area contributed by atoms with E-state index in [1.54, 1.807) is 7.11 Å². The van der Waals surface area contributed by atoms with E-state index in [2.05, 4.69) is 0 Å². The van der Waals surface area contributed by atoms with Gasteiger partial charge in [-0.05, 0) is 18.4 Å².